The highest BCUT2D eigenvalue weighted by Gasteiger charge is 2.15. The summed E-state index contributed by atoms with van der Waals surface area (Å²) in [6, 6.07) is 9.95. The lowest BCUT2D eigenvalue weighted by Gasteiger charge is -2.26. The van der Waals surface area contributed by atoms with Gasteiger partial charge in [0, 0.05) is 18.7 Å². The maximum Gasteiger partial charge on any atom is 0.0619 e. The molecule has 0 amide bonds. The van der Waals surface area contributed by atoms with Crippen molar-refractivity contribution in [2.75, 3.05) is 13.2 Å². The van der Waals surface area contributed by atoms with Gasteiger partial charge in [-0.25, -0.2) is 0 Å². The summed E-state index contributed by atoms with van der Waals surface area (Å²) in [5, 5.41) is 3.68. The van der Waals surface area contributed by atoms with Gasteiger partial charge in [0.15, 0.2) is 0 Å². The zero-order valence-corrected chi connectivity index (χ0v) is 11.6. The lowest BCUT2D eigenvalue weighted by Crippen LogP contribution is -2.42. The van der Waals surface area contributed by atoms with Crippen LogP contribution in [0.15, 0.2) is 24.3 Å². The largest absolute Gasteiger partial charge is 0.380 e. The first-order valence-electron chi connectivity index (χ1n) is 7.13. The lowest BCUT2D eigenvalue weighted by molar-refractivity contribution is 0.0667. The Morgan fingerprint density at radius 2 is 2.33 bits per heavy atom. The fraction of sp³-hybridized carbons (Fsp3) is 0.625. The number of ether oxygens (including phenoxy) is 1. The molecule has 1 fully saturated rings. The minimum atomic E-state index is 0.561. The monoisotopic (exact) mass is 247 g/mol. The van der Waals surface area contributed by atoms with Gasteiger partial charge in [0.25, 0.3) is 0 Å². The second kappa shape index (κ2) is 6.91. The van der Waals surface area contributed by atoms with Crippen LogP contribution < -0.4 is 5.32 Å². The summed E-state index contributed by atoms with van der Waals surface area (Å²) in [4.78, 5) is 0. The smallest absolute Gasteiger partial charge is 0.0619 e. The van der Waals surface area contributed by atoms with Crippen LogP contribution in [0.2, 0.25) is 0 Å². The van der Waals surface area contributed by atoms with Crippen LogP contribution in [0.5, 0.6) is 0 Å². The highest BCUT2D eigenvalue weighted by Crippen LogP contribution is 2.11. The zero-order chi connectivity index (χ0) is 12.8. The van der Waals surface area contributed by atoms with Crippen LogP contribution in [-0.4, -0.2) is 25.3 Å². The second-order valence-corrected chi connectivity index (χ2v) is 5.51. The van der Waals surface area contributed by atoms with Gasteiger partial charge in [-0.3, -0.25) is 0 Å². The molecule has 100 valence electrons. The Morgan fingerprint density at radius 3 is 3.06 bits per heavy atom. The predicted molar refractivity (Wildman–Crippen MR) is 75.9 cm³/mol. The van der Waals surface area contributed by atoms with Gasteiger partial charge in [0.2, 0.25) is 0 Å². The first-order valence-corrected chi connectivity index (χ1v) is 7.13. The van der Waals surface area contributed by atoms with Crippen LogP contribution in [0.4, 0.5) is 0 Å². The standard InChI is InChI=1S/C16H25NO/c1-13-5-3-6-15(11-13)9-8-14(2)17-16-7-4-10-18-12-16/h3,5-6,11,14,16-17H,4,7-10,12H2,1-2H3. The number of nitrogens with one attached hydrogen (secondary N) is 1. The van der Waals surface area contributed by atoms with Crippen molar-refractivity contribution in [2.45, 2.75) is 51.6 Å². The van der Waals surface area contributed by atoms with Crippen molar-refractivity contribution in [2.24, 2.45) is 0 Å². The van der Waals surface area contributed by atoms with Crippen molar-refractivity contribution in [1.82, 2.24) is 5.32 Å². The molecule has 1 N–H and O–H groups in total. The van der Waals surface area contributed by atoms with Gasteiger partial charge in [0.05, 0.1) is 6.61 Å². The van der Waals surface area contributed by atoms with E-state index in [0.717, 1.165) is 19.6 Å². The third-order valence-corrected chi connectivity index (χ3v) is 3.63. The number of hydrogen-bond donors (Lipinski definition) is 1. The van der Waals surface area contributed by atoms with Crippen molar-refractivity contribution in [3.63, 3.8) is 0 Å². The molecule has 2 heteroatoms. The molecule has 0 bridgehead atoms. The Bertz CT molecular complexity index is 358. The fourth-order valence-corrected chi connectivity index (χ4v) is 2.61. The van der Waals surface area contributed by atoms with E-state index < -0.39 is 0 Å². The Balaban J connectivity index is 1.72. The Labute approximate surface area is 111 Å². The maximum absolute atomic E-state index is 5.50. The number of benzene rings is 1. The van der Waals surface area contributed by atoms with Crippen LogP contribution in [0.3, 0.4) is 0 Å². The molecule has 2 rings (SSSR count). The minimum Gasteiger partial charge on any atom is -0.380 e. The molecule has 18 heavy (non-hydrogen) atoms. The first kappa shape index (κ1) is 13.6. The molecule has 2 unspecified atom stereocenters. The van der Waals surface area contributed by atoms with Crippen molar-refractivity contribution in [1.29, 1.82) is 0 Å². The van der Waals surface area contributed by atoms with E-state index >= 15 is 0 Å². The van der Waals surface area contributed by atoms with Crippen molar-refractivity contribution < 1.29 is 4.74 Å². The molecule has 1 aromatic carbocycles. The van der Waals surface area contributed by atoms with Gasteiger partial charge in [-0.1, -0.05) is 29.8 Å². The number of aryl methyl sites for hydroxylation is 2. The Morgan fingerprint density at radius 1 is 1.44 bits per heavy atom. The summed E-state index contributed by atoms with van der Waals surface area (Å²) in [6.07, 6.45) is 4.81. The predicted octanol–water partition coefficient (Wildman–Crippen LogP) is 3.08. The van der Waals surface area contributed by atoms with Crippen LogP contribution in [0.1, 0.15) is 37.3 Å². The van der Waals surface area contributed by atoms with E-state index in [2.05, 4.69) is 43.4 Å². The van der Waals surface area contributed by atoms with Crippen LogP contribution in [0.25, 0.3) is 0 Å². The molecule has 0 aliphatic carbocycles. The number of rotatable bonds is 5. The quantitative estimate of drug-likeness (QED) is 0.863. The molecule has 1 aromatic rings. The van der Waals surface area contributed by atoms with E-state index in [1.165, 1.54) is 30.4 Å². The van der Waals surface area contributed by atoms with Crippen molar-refractivity contribution in [3.8, 4) is 0 Å². The number of hydrogen-bond acceptors (Lipinski definition) is 2. The summed E-state index contributed by atoms with van der Waals surface area (Å²) in [6.45, 7) is 6.26. The van der Waals surface area contributed by atoms with Gasteiger partial charge < -0.3 is 10.1 Å². The topological polar surface area (TPSA) is 21.3 Å². The molecule has 0 aromatic heterocycles. The summed E-state index contributed by atoms with van der Waals surface area (Å²) in [5.41, 5.74) is 2.80. The van der Waals surface area contributed by atoms with Gasteiger partial charge in [0.1, 0.15) is 0 Å². The Hall–Kier alpha value is -0.860. The van der Waals surface area contributed by atoms with E-state index in [1.807, 2.05) is 0 Å². The van der Waals surface area contributed by atoms with Crippen LogP contribution in [0, 0.1) is 6.92 Å². The van der Waals surface area contributed by atoms with E-state index in [9.17, 15) is 0 Å². The SMILES string of the molecule is Cc1cccc(CCC(C)NC2CCCOC2)c1. The maximum atomic E-state index is 5.50. The first-order chi connectivity index (χ1) is 8.74. The molecule has 0 saturated carbocycles. The molecule has 1 aliphatic rings. The van der Waals surface area contributed by atoms with Crippen molar-refractivity contribution in [3.05, 3.63) is 35.4 Å². The molecule has 2 atom stereocenters. The minimum absolute atomic E-state index is 0.561. The summed E-state index contributed by atoms with van der Waals surface area (Å²) in [7, 11) is 0. The molecular formula is C16H25NO. The zero-order valence-electron chi connectivity index (χ0n) is 11.6. The van der Waals surface area contributed by atoms with Gasteiger partial charge in [-0.05, 0) is 45.1 Å². The van der Waals surface area contributed by atoms with Gasteiger partial charge in [-0.2, -0.15) is 0 Å². The van der Waals surface area contributed by atoms with E-state index in [1.54, 1.807) is 0 Å². The molecule has 1 heterocycles. The normalized spacial score (nSPS) is 21.8. The summed E-state index contributed by atoms with van der Waals surface area (Å²) < 4.78 is 5.50. The molecule has 0 radical (unpaired) electrons. The van der Waals surface area contributed by atoms with Crippen LogP contribution in [-0.2, 0) is 11.2 Å². The average Bonchev–Trinajstić information content (AvgIpc) is 2.38. The van der Waals surface area contributed by atoms with E-state index in [4.69, 9.17) is 4.74 Å². The Kier molecular flexibility index (Phi) is 5.21. The highest BCUT2D eigenvalue weighted by atomic mass is 16.5. The average molecular weight is 247 g/mol. The highest BCUT2D eigenvalue weighted by molar-refractivity contribution is 5.22. The third-order valence-electron chi connectivity index (χ3n) is 3.63. The molecule has 0 spiro atoms. The van der Waals surface area contributed by atoms with Crippen molar-refractivity contribution >= 4 is 0 Å². The van der Waals surface area contributed by atoms with E-state index in [-0.39, 0.29) is 0 Å². The molecular weight excluding hydrogens is 222 g/mol. The summed E-state index contributed by atoms with van der Waals surface area (Å²) in [5.74, 6) is 0. The van der Waals surface area contributed by atoms with Gasteiger partial charge in [-0.15, -0.1) is 0 Å². The van der Waals surface area contributed by atoms with Gasteiger partial charge >= 0.3 is 0 Å². The molecule has 1 aliphatic heterocycles. The van der Waals surface area contributed by atoms with Crippen LogP contribution >= 0.6 is 0 Å². The molecule has 2 nitrogen and oxygen atoms in total. The summed E-state index contributed by atoms with van der Waals surface area (Å²) >= 11 is 0. The third kappa shape index (κ3) is 4.43. The second-order valence-electron chi connectivity index (χ2n) is 5.51. The molecule has 1 saturated heterocycles. The van der Waals surface area contributed by atoms with E-state index in [0.29, 0.717) is 12.1 Å². The lowest BCUT2D eigenvalue weighted by atomic mass is 10.0. The fourth-order valence-electron chi connectivity index (χ4n) is 2.61.